The third-order valence-corrected chi connectivity index (χ3v) is 4.35. The van der Waals surface area contributed by atoms with Gasteiger partial charge in [0.15, 0.2) is 5.11 Å². The first kappa shape index (κ1) is 22.8. The summed E-state index contributed by atoms with van der Waals surface area (Å²) in [4.78, 5) is 35.7. The highest BCUT2D eigenvalue weighted by molar-refractivity contribution is 7.80. The summed E-state index contributed by atoms with van der Waals surface area (Å²) in [5.41, 5.74) is 8.55. The molecule has 30 heavy (non-hydrogen) atoms. The molecule has 2 aromatic carbocycles. The quantitative estimate of drug-likeness (QED) is 0.325. The lowest BCUT2D eigenvalue weighted by atomic mass is 10.1. The Balaban J connectivity index is 1.66. The van der Waals surface area contributed by atoms with Gasteiger partial charge in [0.1, 0.15) is 0 Å². The predicted molar refractivity (Wildman–Crippen MR) is 121 cm³/mol. The first-order valence-corrected chi connectivity index (χ1v) is 9.74. The number of carbonyl (C=O) groups excluding carboxylic acids is 3. The number of amides is 3. The van der Waals surface area contributed by atoms with E-state index in [1.807, 2.05) is 62.4 Å². The summed E-state index contributed by atoms with van der Waals surface area (Å²) in [6.07, 6.45) is 2.96. The second kappa shape index (κ2) is 11.5. The molecule has 0 heterocycles. The Morgan fingerprint density at radius 3 is 2.30 bits per heavy atom. The normalized spacial score (nSPS) is 10.3. The summed E-state index contributed by atoms with van der Waals surface area (Å²) < 4.78 is 0. The van der Waals surface area contributed by atoms with Crippen LogP contribution in [0.1, 0.15) is 29.5 Å². The van der Waals surface area contributed by atoms with Gasteiger partial charge in [-0.05, 0) is 61.0 Å². The first-order valence-electron chi connectivity index (χ1n) is 9.33. The molecule has 0 unspecified atom stereocenters. The Hall–Kier alpha value is -3.52. The van der Waals surface area contributed by atoms with Crippen LogP contribution in [0.4, 0.5) is 5.69 Å². The maximum Gasteiger partial charge on any atom is 0.250 e. The molecule has 0 aliphatic heterocycles. The summed E-state index contributed by atoms with van der Waals surface area (Å²) in [6, 6.07) is 14.9. The van der Waals surface area contributed by atoms with Crippen LogP contribution in [-0.2, 0) is 14.4 Å². The number of hydrazine groups is 1. The van der Waals surface area contributed by atoms with E-state index in [0.29, 0.717) is 5.69 Å². The van der Waals surface area contributed by atoms with E-state index in [0.717, 1.165) is 16.7 Å². The van der Waals surface area contributed by atoms with Gasteiger partial charge in [0.05, 0.1) is 0 Å². The zero-order valence-electron chi connectivity index (χ0n) is 16.8. The van der Waals surface area contributed by atoms with Crippen molar-refractivity contribution in [2.45, 2.75) is 26.7 Å². The lowest BCUT2D eigenvalue weighted by Crippen LogP contribution is -2.48. The van der Waals surface area contributed by atoms with Gasteiger partial charge in [-0.25, -0.2) is 0 Å². The van der Waals surface area contributed by atoms with E-state index in [9.17, 15) is 14.4 Å². The van der Waals surface area contributed by atoms with Crippen LogP contribution in [0.3, 0.4) is 0 Å². The van der Waals surface area contributed by atoms with Crippen molar-refractivity contribution in [3.05, 3.63) is 71.3 Å². The van der Waals surface area contributed by atoms with Crippen LogP contribution in [0.25, 0.3) is 6.08 Å². The fraction of sp³-hybridized carbons (Fsp3) is 0.182. The first-order chi connectivity index (χ1) is 14.3. The van der Waals surface area contributed by atoms with E-state index in [-0.39, 0.29) is 23.9 Å². The largest absolute Gasteiger partial charge is 0.326 e. The average molecular weight is 425 g/mol. The van der Waals surface area contributed by atoms with E-state index in [1.165, 1.54) is 6.08 Å². The molecule has 156 valence electrons. The van der Waals surface area contributed by atoms with E-state index in [2.05, 4.69) is 21.5 Å². The molecule has 0 fully saturated rings. The van der Waals surface area contributed by atoms with E-state index >= 15 is 0 Å². The van der Waals surface area contributed by atoms with Crippen LogP contribution in [0, 0.1) is 13.8 Å². The molecule has 0 spiro atoms. The molecule has 0 radical (unpaired) electrons. The Morgan fingerprint density at radius 1 is 0.900 bits per heavy atom. The highest BCUT2D eigenvalue weighted by Gasteiger charge is 2.09. The van der Waals surface area contributed by atoms with Crippen molar-refractivity contribution in [3.63, 3.8) is 0 Å². The molecular formula is C22H24N4O3S. The third kappa shape index (κ3) is 8.24. The molecule has 3 amide bonds. The van der Waals surface area contributed by atoms with Crippen molar-refractivity contribution >= 4 is 46.8 Å². The lowest BCUT2D eigenvalue weighted by molar-refractivity contribution is -0.124. The molecule has 2 aromatic rings. The standard InChI is InChI=1S/C22H24N4O3S/c1-15-8-10-18(14-16(15)2)23-19(27)12-13-21(29)25-26-22(30)24-20(28)11-9-17-6-4-3-5-7-17/h3-11,14H,12-13H2,1-2H3,(H,23,27)(H,25,29)(H2,24,26,28,30)/b11-9+. The number of nitrogens with one attached hydrogen (secondary N) is 4. The lowest BCUT2D eigenvalue weighted by Gasteiger charge is -2.10. The van der Waals surface area contributed by atoms with Crippen molar-refractivity contribution in [3.8, 4) is 0 Å². The van der Waals surface area contributed by atoms with Gasteiger partial charge < -0.3 is 5.32 Å². The molecule has 0 aromatic heterocycles. The van der Waals surface area contributed by atoms with Crippen LogP contribution in [0.15, 0.2) is 54.6 Å². The van der Waals surface area contributed by atoms with Crippen molar-refractivity contribution in [2.75, 3.05) is 5.32 Å². The van der Waals surface area contributed by atoms with Crippen LogP contribution in [0.2, 0.25) is 0 Å². The Bertz CT molecular complexity index is 958. The fourth-order valence-corrected chi connectivity index (χ4v) is 2.53. The molecule has 0 aliphatic carbocycles. The van der Waals surface area contributed by atoms with Gasteiger partial charge in [-0.15, -0.1) is 0 Å². The van der Waals surface area contributed by atoms with Gasteiger partial charge in [-0.1, -0.05) is 36.4 Å². The van der Waals surface area contributed by atoms with Crippen molar-refractivity contribution in [1.29, 1.82) is 0 Å². The number of hydrogen-bond acceptors (Lipinski definition) is 4. The number of carbonyl (C=O) groups is 3. The zero-order chi connectivity index (χ0) is 21.9. The van der Waals surface area contributed by atoms with Gasteiger partial charge in [0.25, 0.3) is 0 Å². The summed E-state index contributed by atoms with van der Waals surface area (Å²) in [5.74, 6) is -1.13. The minimum atomic E-state index is -0.432. The van der Waals surface area contributed by atoms with Crippen LogP contribution in [0.5, 0.6) is 0 Å². The summed E-state index contributed by atoms with van der Waals surface area (Å²) in [7, 11) is 0. The van der Waals surface area contributed by atoms with Crippen LogP contribution in [-0.4, -0.2) is 22.8 Å². The minimum absolute atomic E-state index is 0.0133. The van der Waals surface area contributed by atoms with E-state index in [4.69, 9.17) is 12.2 Å². The average Bonchev–Trinajstić information content (AvgIpc) is 2.72. The Labute approximate surface area is 180 Å². The molecule has 8 heteroatoms. The summed E-state index contributed by atoms with van der Waals surface area (Å²) >= 11 is 4.95. The van der Waals surface area contributed by atoms with Crippen molar-refractivity contribution in [1.82, 2.24) is 16.2 Å². The highest BCUT2D eigenvalue weighted by Crippen LogP contribution is 2.14. The van der Waals surface area contributed by atoms with Crippen molar-refractivity contribution < 1.29 is 14.4 Å². The maximum absolute atomic E-state index is 12.0. The summed E-state index contributed by atoms with van der Waals surface area (Å²) in [5, 5.41) is 5.12. The van der Waals surface area contributed by atoms with Gasteiger partial charge in [0.2, 0.25) is 17.7 Å². The molecule has 0 aliphatic rings. The summed E-state index contributed by atoms with van der Waals surface area (Å²) in [6.45, 7) is 3.95. The molecular weight excluding hydrogens is 400 g/mol. The van der Waals surface area contributed by atoms with Gasteiger partial charge >= 0.3 is 0 Å². The molecule has 0 atom stereocenters. The van der Waals surface area contributed by atoms with Crippen LogP contribution < -0.4 is 21.5 Å². The third-order valence-electron chi connectivity index (χ3n) is 4.15. The van der Waals surface area contributed by atoms with Gasteiger partial charge in [0, 0.05) is 24.6 Å². The number of rotatable bonds is 6. The molecule has 4 N–H and O–H groups in total. The number of thiocarbonyl (C=S) groups is 1. The predicted octanol–water partition coefficient (Wildman–Crippen LogP) is 2.76. The molecule has 2 rings (SSSR count). The number of aryl methyl sites for hydroxylation is 2. The topological polar surface area (TPSA) is 99.3 Å². The molecule has 7 nitrogen and oxygen atoms in total. The number of anilines is 1. The van der Waals surface area contributed by atoms with Gasteiger partial charge in [-0.3, -0.25) is 30.6 Å². The second-order valence-corrected chi connectivity index (χ2v) is 6.99. The zero-order valence-corrected chi connectivity index (χ0v) is 17.6. The Kier molecular flexibility index (Phi) is 8.71. The Morgan fingerprint density at radius 2 is 1.60 bits per heavy atom. The van der Waals surface area contributed by atoms with E-state index < -0.39 is 11.8 Å². The van der Waals surface area contributed by atoms with Crippen LogP contribution >= 0.6 is 12.2 Å². The second-order valence-electron chi connectivity index (χ2n) is 6.58. The van der Waals surface area contributed by atoms with Crippen molar-refractivity contribution in [2.24, 2.45) is 0 Å². The highest BCUT2D eigenvalue weighted by atomic mass is 32.1. The molecule has 0 saturated carbocycles. The molecule has 0 saturated heterocycles. The fourth-order valence-electron chi connectivity index (χ4n) is 2.38. The monoisotopic (exact) mass is 424 g/mol. The molecule has 0 bridgehead atoms. The number of hydrogen-bond donors (Lipinski definition) is 4. The smallest absolute Gasteiger partial charge is 0.250 e. The maximum atomic E-state index is 12.0. The minimum Gasteiger partial charge on any atom is -0.326 e. The number of benzene rings is 2. The SMILES string of the molecule is Cc1ccc(NC(=O)CCC(=O)NNC(=S)NC(=O)/C=C/c2ccccc2)cc1C. The van der Waals surface area contributed by atoms with Gasteiger partial charge in [-0.2, -0.15) is 0 Å². The van der Waals surface area contributed by atoms with E-state index in [1.54, 1.807) is 6.08 Å².